The van der Waals surface area contributed by atoms with Crippen LogP contribution in [0.2, 0.25) is 0 Å². The minimum Gasteiger partial charge on any atom is -0.497 e. The molecule has 0 atom stereocenters. The van der Waals surface area contributed by atoms with E-state index in [9.17, 15) is 4.39 Å². The zero-order valence-electron chi connectivity index (χ0n) is 14.3. The van der Waals surface area contributed by atoms with Gasteiger partial charge in [-0.3, -0.25) is 5.01 Å². The molecule has 3 rings (SSSR count). The largest absolute Gasteiger partial charge is 0.497 e. The lowest BCUT2D eigenvalue weighted by atomic mass is 9.95. The molecule has 0 saturated heterocycles. The third-order valence-electron chi connectivity index (χ3n) is 4.42. The first-order valence-electron chi connectivity index (χ1n) is 8.49. The molecule has 0 amide bonds. The van der Waals surface area contributed by atoms with Crippen LogP contribution >= 0.6 is 0 Å². The highest BCUT2D eigenvalue weighted by Crippen LogP contribution is 2.26. The molecule has 1 aliphatic carbocycles. The summed E-state index contributed by atoms with van der Waals surface area (Å²) >= 11 is 0. The number of aromatic nitrogens is 2. The number of anilines is 1. The first kappa shape index (κ1) is 17.4. The quantitative estimate of drug-likeness (QED) is 0.639. The first-order valence-corrected chi connectivity index (χ1v) is 8.49. The van der Waals surface area contributed by atoms with Gasteiger partial charge in [-0.25, -0.2) is 15.2 Å². The number of benzene rings is 1. The molecular formula is C18H23FN4O2. The molecule has 25 heavy (non-hydrogen) atoms. The molecule has 7 heteroatoms. The van der Waals surface area contributed by atoms with Crippen LogP contribution in [-0.4, -0.2) is 23.1 Å². The van der Waals surface area contributed by atoms with Crippen LogP contribution in [0, 0.1) is 5.82 Å². The van der Waals surface area contributed by atoms with E-state index in [0.29, 0.717) is 0 Å². The van der Waals surface area contributed by atoms with Gasteiger partial charge in [0.05, 0.1) is 13.3 Å². The fourth-order valence-electron chi connectivity index (χ4n) is 3.04. The molecule has 0 unspecified atom stereocenters. The second-order valence-corrected chi connectivity index (χ2v) is 6.16. The van der Waals surface area contributed by atoms with Gasteiger partial charge in [0.25, 0.3) is 0 Å². The van der Waals surface area contributed by atoms with Crippen LogP contribution in [0.15, 0.2) is 30.5 Å². The highest BCUT2D eigenvalue weighted by Gasteiger charge is 2.23. The Labute approximate surface area is 146 Å². The van der Waals surface area contributed by atoms with Crippen LogP contribution in [0.25, 0.3) is 0 Å². The molecular weight excluding hydrogens is 323 g/mol. The van der Waals surface area contributed by atoms with Gasteiger partial charge in [-0.1, -0.05) is 31.4 Å². The molecule has 2 N–H and O–H groups in total. The molecule has 6 nitrogen and oxygen atoms in total. The van der Waals surface area contributed by atoms with Crippen molar-refractivity contribution in [2.45, 2.75) is 44.8 Å². The smallest absolute Gasteiger partial charge is 0.318 e. The van der Waals surface area contributed by atoms with E-state index >= 15 is 0 Å². The molecule has 2 aromatic rings. The van der Waals surface area contributed by atoms with Crippen molar-refractivity contribution >= 4 is 5.82 Å². The van der Waals surface area contributed by atoms with Gasteiger partial charge in [-0.05, 0) is 30.5 Å². The lowest BCUT2D eigenvalue weighted by Gasteiger charge is -2.31. The molecule has 1 aromatic heterocycles. The lowest BCUT2D eigenvalue weighted by Crippen LogP contribution is -2.43. The van der Waals surface area contributed by atoms with E-state index in [1.807, 2.05) is 24.3 Å². The van der Waals surface area contributed by atoms with E-state index in [-0.39, 0.29) is 24.5 Å². The van der Waals surface area contributed by atoms with Crippen LogP contribution in [0.5, 0.6) is 11.8 Å². The zero-order valence-corrected chi connectivity index (χ0v) is 14.3. The van der Waals surface area contributed by atoms with E-state index in [1.54, 1.807) is 7.11 Å². The Balaban J connectivity index is 1.70. The van der Waals surface area contributed by atoms with Crippen LogP contribution in [0.3, 0.4) is 0 Å². The minimum absolute atomic E-state index is 0.0857. The Morgan fingerprint density at radius 2 is 2.08 bits per heavy atom. The highest BCUT2D eigenvalue weighted by molar-refractivity contribution is 5.39. The van der Waals surface area contributed by atoms with Gasteiger partial charge in [-0.15, -0.1) is 0 Å². The summed E-state index contributed by atoms with van der Waals surface area (Å²) in [7, 11) is 1.61. The van der Waals surface area contributed by atoms with Gasteiger partial charge < -0.3 is 9.47 Å². The molecule has 1 saturated carbocycles. The Kier molecular flexibility index (Phi) is 5.65. The predicted octanol–water partition coefficient (Wildman–Crippen LogP) is 3.22. The molecule has 1 fully saturated rings. The molecule has 1 heterocycles. The fraction of sp³-hybridized carbons (Fsp3) is 0.444. The first-order chi connectivity index (χ1) is 12.2. The van der Waals surface area contributed by atoms with Crippen molar-refractivity contribution in [2.75, 3.05) is 12.1 Å². The monoisotopic (exact) mass is 346 g/mol. The van der Waals surface area contributed by atoms with Crippen molar-refractivity contribution in [1.29, 1.82) is 0 Å². The summed E-state index contributed by atoms with van der Waals surface area (Å²) in [6.07, 6.45) is 6.39. The maximum atomic E-state index is 14.1. The Morgan fingerprint density at radius 1 is 1.28 bits per heavy atom. The number of hydrazine groups is 1. The fourth-order valence-corrected chi connectivity index (χ4v) is 3.04. The van der Waals surface area contributed by atoms with Gasteiger partial charge in [0.1, 0.15) is 12.4 Å². The molecule has 0 bridgehead atoms. The number of rotatable bonds is 6. The maximum absolute atomic E-state index is 14.1. The van der Waals surface area contributed by atoms with Crippen molar-refractivity contribution in [3.63, 3.8) is 0 Å². The van der Waals surface area contributed by atoms with E-state index in [4.69, 9.17) is 15.3 Å². The Hall–Kier alpha value is -2.41. The van der Waals surface area contributed by atoms with Crippen molar-refractivity contribution in [3.05, 3.63) is 41.8 Å². The minimum atomic E-state index is -0.540. The van der Waals surface area contributed by atoms with Gasteiger partial charge in [-0.2, -0.15) is 4.98 Å². The molecule has 1 aliphatic rings. The third-order valence-corrected chi connectivity index (χ3v) is 4.42. The topological polar surface area (TPSA) is 73.5 Å². The second kappa shape index (κ2) is 8.11. The number of hydrogen-bond donors (Lipinski definition) is 1. The Morgan fingerprint density at radius 3 is 2.84 bits per heavy atom. The van der Waals surface area contributed by atoms with Crippen molar-refractivity contribution in [1.82, 2.24) is 9.97 Å². The number of methoxy groups -OCH3 is 1. The molecule has 0 aliphatic heterocycles. The number of ether oxygens (including phenoxy) is 2. The summed E-state index contributed by atoms with van der Waals surface area (Å²) in [5.74, 6) is 6.40. The van der Waals surface area contributed by atoms with E-state index in [0.717, 1.165) is 43.2 Å². The molecule has 0 spiro atoms. The standard InChI is InChI=1S/C18H23FN4O2/c1-24-15-9-5-6-13(10-15)12-25-18-21-11-16(19)17(22-18)23(20)14-7-3-2-4-8-14/h5-6,9-11,14H,2-4,7-8,12,20H2,1H3. The average Bonchev–Trinajstić information content (AvgIpc) is 2.67. The van der Waals surface area contributed by atoms with E-state index in [2.05, 4.69) is 9.97 Å². The van der Waals surface area contributed by atoms with Gasteiger partial charge >= 0.3 is 6.01 Å². The normalized spacial score (nSPS) is 15.0. The molecule has 1 aromatic carbocycles. The molecule has 0 radical (unpaired) electrons. The summed E-state index contributed by atoms with van der Waals surface area (Å²) < 4.78 is 24.9. The number of hydrogen-bond acceptors (Lipinski definition) is 6. The second-order valence-electron chi connectivity index (χ2n) is 6.16. The van der Waals surface area contributed by atoms with Crippen LogP contribution < -0.4 is 20.3 Å². The highest BCUT2D eigenvalue weighted by atomic mass is 19.1. The number of halogens is 1. The van der Waals surface area contributed by atoms with E-state index in [1.165, 1.54) is 11.4 Å². The zero-order chi connectivity index (χ0) is 17.6. The van der Waals surface area contributed by atoms with Gasteiger partial charge in [0.15, 0.2) is 11.6 Å². The maximum Gasteiger partial charge on any atom is 0.318 e. The SMILES string of the molecule is COc1cccc(COc2ncc(F)c(N(N)C3CCCCC3)n2)c1. The van der Waals surface area contributed by atoms with Crippen LogP contribution in [0.4, 0.5) is 10.2 Å². The van der Waals surface area contributed by atoms with Gasteiger partial charge in [0.2, 0.25) is 0 Å². The van der Waals surface area contributed by atoms with Gasteiger partial charge in [0, 0.05) is 6.04 Å². The summed E-state index contributed by atoms with van der Waals surface area (Å²) in [6.45, 7) is 0.260. The predicted molar refractivity (Wildman–Crippen MR) is 92.9 cm³/mol. The third kappa shape index (κ3) is 4.36. The summed E-state index contributed by atoms with van der Waals surface area (Å²) in [4.78, 5) is 8.07. The average molecular weight is 346 g/mol. The lowest BCUT2D eigenvalue weighted by molar-refractivity contribution is 0.278. The summed E-state index contributed by atoms with van der Waals surface area (Å²) in [6, 6.07) is 7.70. The van der Waals surface area contributed by atoms with Crippen LogP contribution in [-0.2, 0) is 6.61 Å². The van der Waals surface area contributed by atoms with Crippen molar-refractivity contribution in [3.8, 4) is 11.8 Å². The number of nitrogens with zero attached hydrogens (tertiary/aromatic N) is 3. The van der Waals surface area contributed by atoms with Crippen LogP contribution in [0.1, 0.15) is 37.7 Å². The Bertz CT molecular complexity index is 707. The van der Waals surface area contributed by atoms with Crippen molar-refractivity contribution in [2.24, 2.45) is 5.84 Å². The molecule has 134 valence electrons. The summed E-state index contributed by atoms with van der Waals surface area (Å²) in [5.41, 5.74) is 0.908. The summed E-state index contributed by atoms with van der Waals surface area (Å²) in [5, 5.41) is 1.43. The van der Waals surface area contributed by atoms with E-state index < -0.39 is 5.82 Å². The van der Waals surface area contributed by atoms with Crippen molar-refractivity contribution < 1.29 is 13.9 Å². The number of nitrogens with two attached hydrogens (primary N) is 1.